The number of carbonyl (C=O) groups excluding carboxylic acids is 3. The number of likely N-dealkylation sites (N-methyl/N-ethyl adjacent to an activating group) is 1. The fourth-order valence-electron chi connectivity index (χ4n) is 4.54. The van der Waals surface area contributed by atoms with E-state index in [1.165, 1.54) is 0 Å². The molecule has 2 atom stereocenters. The molecule has 2 N–H and O–H groups in total. The highest BCUT2D eigenvalue weighted by Gasteiger charge is 2.30. The number of ether oxygens (including phenoxy) is 1. The average molecular weight is 592 g/mol. The molecule has 0 fully saturated rings. The van der Waals surface area contributed by atoms with Crippen molar-refractivity contribution in [2.45, 2.75) is 71.6 Å². The van der Waals surface area contributed by atoms with Crippen molar-refractivity contribution in [3.63, 3.8) is 0 Å². The summed E-state index contributed by atoms with van der Waals surface area (Å²) in [4.78, 5) is 41.5. The summed E-state index contributed by atoms with van der Waals surface area (Å²) in [6.07, 6.45) is 0.880. The Bertz CT molecular complexity index is 1340. The Labute approximate surface area is 254 Å². The standard InChI is InChI=1S/C34H42ClN3O4/c1-23(2)20-30(38(6)22-26-14-10-11-15-28(26)35)32(40)36-29(31(39)37-34(3,4)5)21-24-16-18-27(19-17-24)42-33(41)25-12-8-7-9-13-25/h7-19,23,29-30H,20-22H2,1-6H3,(H,36,40)(H,37,39)/t29-,30-/m0/s1. The molecule has 8 heteroatoms. The van der Waals surface area contributed by atoms with E-state index >= 15 is 0 Å². The molecule has 0 unspecified atom stereocenters. The Morgan fingerprint density at radius 3 is 2.10 bits per heavy atom. The summed E-state index contributed by atoms with van der Waals surface area (Å²) in [6, 6.07) is 22.1. The van der Waals surface area contributed by atoms with Crippen LogP contribution in [0.5, 0.6) is 5.75 Å². The van der Waals surface area contributed by atoms with Gasteiger partial charge in [0, 0.05) is 23.5 Å². The topological polar surface area (TPSA) is 87.7 Å². The largest absolute Gasteiger partial charge is 0.423 e. The molecule has 0 saturated carbocycles. The van der Waals surface area contributed by atoms with Gasteiger partial charge in [0.2, 0.25) is 11.8 Å². The molecule has 0 bridgehead atoms. The lowest BCUT2D eigenvalue weighted by Crippen LogP contribution is -2.56. The minimum Gasteiger partial charge on any atom is -0.423 e. The highest BCUT2D eigenvalue weighted by Crippen LogP contribution is 2.21. The highest BCUT2D eigenvalue weighted by molar-refractivity contribution is 6.31. The molecule has 0 heterocycles. The second kappa shape index (κ2) is 15.0. The van der Waals surface area contributed by atoms with Crippen LogP contribution in [-0.4, -0.2) is 47.4 Å². The third-order valence-corrected chi connectivity index (χ3v) is 6.99. The summed E-state index contributed by atoms with van der Waals surface area (Å²) in [6.45, 7) is 10.3. The number of hydrogen-bond donors (Lipinski definition) is 2. The van der Waals surface area contributed by atoms with Gasteiger partial charge in [-0.25, -0.2) is 4.79 Å². The van der Waals surface area contributed by atoms with Gasteiger partial charge in [0.05, 0.1) is 11.6 Å². The molecule has 0 aliphatic carbocycles. The fourth-order valence-corrected chi connectivity index (χ4v) is 4.74. The Morgan fingerprint density at radius 2 is 1.50 bits per heavy atom. The molecule has 0 spiro atoms. The zero-order valence-corrected chi connectivity index (χ0v) is 26.1. The first-order valence-electron chi connectivity index (χ1n) is 14.2. The van der Waals surface area contributed by atoms with Crippen LogP contribution in [0.15, 0.2) is 78.9 Å². The van der Waals surface area contributed by atoms with Gasteiger partial charge in [0.25, 0.3) is 0 Å². The molecule has 2 amide bonds. The number of halogens is 1. The van der Waals surface area contributed by atoms with Crippen LogP contribution in [0.3, 0.4) is 0 Å². The zero-order chi connectivity index (χ0) is 30.9. The number of nitrogens with one attached hydrogen (secondary N) is 2. The van der Waals surface area contributed by atoms with Crippen molar-refractivity contribution in [1.82, 2.24) is 15.5 Å². The van der Waals surface area contributed by atoms with Crippen molar-refractivity contribution in [3.8, 4) is 5.75 Å². The molecule has 3 aromatic rings. The first kappa shape index (κ1) is 32.8. The van der Waals surface area contributed by atoms with Crippen molar-refractivity contribution in [1.29, 1.82) is 0 Å². The van der Waals surface area contributed by atoms with E-state index in [4.69, 9.17) is 16.3 Å². The molecule has 42 heavy (non-hydrogen) atoms. The Balaban J connectivity index is 1.77. The number of carbonyl (C=O) groups is 3. The molecule has 0 saturated heterocycles. The first-order chi connectivity index (χ1) is 19.8. The number of benzene rings is 3. The smallest absolute Gasteiger partial charge is 0.343 e. The second-order valence-electron chi connectivity index (χ2n) is 12.1. The molecule has 3 aromatic carbocycles. The Kier molecular flexibility index (Phi) is 11.7. The van der Waals surface area contributed by atoms with E-state index in [9.17, 15) is 14.4 Å². The summed E-state index contributed by atoms with van der Waals surface area (Å²) in [5, 5.41) is 6.68. The molecule has 7 nitrogen and oxygen atoms in total. The summed E-state index contributed by atoms with van der Waals surface area (Å²) < 4.78 is 5.49. The predicted molar refractivity (Wildman–Crippen MR) is 168 cm³/mol. The quantitative estimate of drug-likeness (QED) is 0.198. The van der Waals surface area contributed by atoms with E-state index in [1.54, 1.807) is 48.5 Å². The van der Waals surface area contributed by atoms with E-state index in [-0.39, 0.29) is 24.2 Å². The van der Waals surface area contributed by atoms with Gasteiger partial charge in [-0.15, -0.1) is 0 Å². The van der Waals surface area contributed by atoms with Gasteiger partial charge in [-0.1, -0.05) is 74.0 Å². The molecule has 0 aliphatic heterocycles. The van der Waals surface area contributed by atoms with E-state index in [0.29, 0.717) is 29.3 Å². The number of nitrogens with zero attached hydrogens (tertiary/aromatic N) is 1. The number of rotatable bonds is 12. The van der Waals surface area contributed by atoms with Gasteiger partial charge < -0.3 is 15.4 Å². The van der Waals surface area contributed by atoms with E-state index in [2.05, 4.69) is 24.5 Å². The van der Waals surface area contributed by atoms with Gasteiger partial charge in [0.1, 0.15) is 11.8 Å². The van der Waals surface area contributed by atoms with Crippen LogP contribution in [0.1, 0.15) is 62.5 Å². The molecule has 224 valence electrons. The lowest BCUT2D eigenvalue weighted by atomic mass is 9.99. The van der Waals surface area contributed by atoms with Gasteiger partial charge in [-0.3, -0.25) is 14.5 Å². The Morgan fingerprint density at radius 1 is 0.881 bits per heavy atom. The average Bonchev–Trinajstić information content (AvgIpc) is 2.93. The molecular weight excluding hydrogens is 550 g/mol. The van der Waals surface area contributed by atoms with Crippen LogP contribution in [-0.2, 0) is 22.6 Å². The van der Waals surface area contributed by atoms with Gasteiger partial charge in [-0.2, -0.15) is 0 Å². The van der Waals surface area contributed by atoms with Crippen LogP contribution in [0.4, 0.5) is 0 Å². The van der Waals surface area contributed by atoms with E-state index < -0.39 is 23.6 Å². The van der Waals surface area contributed by atoms with Crippen molar-refractivity contribution in [2.75, 3.05) is 7.05 Å². The molecule has 0 aromatic heterocycles. The number of esters is 1. The second-order valence-corrected chi connectivity index (χ2v) is 12.5. The zero-order valence-electron chi connectivity index (χ0n) is 25.3. The summed E-state index contributed by atoms with van der Waals surface area (Å²) >= 11 is 6.40. The lowest BCUT2D eigenvalue weighted by molar-refractivity contribution is -0.132. The van der Waals surface area contributed by atoms with Gasteiger partial charge in [0.15, 0.2) is 0 Å². The molecular formula is C34H42ClN3O4. The molecule has 3 rings (SSSR count). The maximum Gasteiger partial charge on any atom is 0.343 e. The minimum atomic E-state index is -0.808. The Hall–Kier alpha value is -3.68. The van der Waals surface area contributed by atoms with Gasteiger partial charge in [-0.05, 0) is 81.6 Å². The van der Waals surface area contributed by atoms with E-state index in [1.807, 2.05) is 63.1 Å². The fraction of sp³-hybridized carbons (Fsp3) is 0.382. The third-order valence-electron chi connectivity index (χ3n) is 6.62. The monoisotopic (exact) mass is 591 g/mol. The van der Waals surface area contributed by atoms with Gasteiger partial charge >= 0.3 is 5.97 Å². The summed E-state index contributed by atoms with van der Waals surface area (Å²) in [5.41, 5.74) is 1.72. The van der Waals surface area contributed by atoms with Crippen LogP contribution < -0.4 is 15.4 Å². The number of amides is 2. The normalized spacial score (nSPS) is 13.0. The molecule has 0 radical (unpaired) electrons. The van der Waals surface area contributed by atoms with Crippen LogP contribution in [0.2, 0.25) is 5.02 Å². The summed E-state index contributed by atoms with van der Waals surface area (Å²) in [5.74, 6) is -0.295. The maximum absolute atomic E-state index is 13.8. The summed E-state index contributed by atoms with van der Waals surface area (Å²) in [7, 11) is 1.90. The van der Waals surface area contributed by atoms with Crippen LogP contribution in [0.25, 0.3) is 0 Å². The van der Waals surface area contributed by atoms with Crippen molar-refractivity contribution < 1.29 is 19.1 Å². The number of hydrogen-bond acceptors (Lipinski definition) is 5. The lowest BCUT2D eigenvalue weighted by Gasteiger charge is -2.31. The maximum atomic E-state index is 13.8. The van der Waals surface area contributed by atoms with E-state index in [0.717, 1.165) is 11.1 Å². The first-order valence-corrected chi connectivity index (χ1v) is 14.6. The van der Waals surface area contributed by atoms with Crippen molar-refractivity contribution in [3.05, 3.63) is 101 Å². The van der Waals surface area contributed by atoms with Crippen molar-refractivity contribution in [2.24, 2.45) is 5.92 Å². The minimum absolute atomic E-state index is 0.222. The third kappa shape index (κ3) is 10.3. The van der Waals surface area contributed by atoms with Crippen molar-refractivity contribution >= 4 is 29.4 Å². The SMILES string of the molecule is CC(C)C[C@@H](C(=O)N[C@@H](Cc1ccc(OC(=O)c2ccccc2)cc1)C(=O)NC(C)(C)C)N(C)Cc1ccccc1Cl. The predicted octanol–water partition coefficient (Wildman–Crippen LogP) is 6.05. The van der Waals surface area contributed by atoms with Crippen LogP contribution >= 0.6 is 11.6 Å². The molecule has 0 aliphatic rings. The highest BCUT2D eigenvalue weighted by atomic mass is 35.5. The van der Waals surface area contributed by atoms with Crippen LogP contribution in [0, 0.1) is 5.92 Å².